The monoisotopic (exact) mass is 204 g/mol. The van der Waals surface area contributed by atoms with Crippen LogP contribution in [0.1, 0.15) is 53.4 Å². The van der Waals surface area contributed by atoms with Crippen molar-refractivity contribution >= 4 is 0 Å². The van der Waals surface area contributed by atoms with Crippen LogP contribution in [0.3, 0.4) is 0 Å². The van der Waals surface area contributed by atoms with Crippen LogP contribution < -0.4 is 0 Å². The van der Waals surface area contributed by atoms with Crippen LogP contribution in [0.25, 0.3) is 0 Å². The Balaban J connectivity index is 2.03. The van der Waals surface area contributed by atoms with Gasteiger partial charge in [-0.15, -0.1) is 0 Å². The van der Waals surface area contributed by atoms with Crippen LogP contribution in [0.2, 0.25) is 0 Å². The molecule has 0 radical (unpaired) electrons. The number of hydrogen-bond donors (Lipinski definition) is 0. The van der Waals surface area contributed by atoms with E-state index in [0.29, 0.717) is 10.8 Å². The first-order valence-electron chi connectivity index (χ1n) is 6.68. The predicted molar refractivity (Wildman–Crippen MR) is 64.6 cm³/mol. The second kappa shape index (κ2) is 2.70. The second-order valence-corrected chi connectivity index (χ2v) is 6.85. The molecule has 0 nitrogen and oxygen atoms in total. The highest BCUT2D eigenvalue weighted by Gasteiger charge is 2.71. The summed E-state index contributed by atoms with van der Waals surface area (Å²) < 4.78 is 0. The van der Waals surface area contributed by atoms with Gasteiger partial charge >= 0.3 is 0 Å². The summed E-state index contributed by atoms with van der Waals surface area (Å²) in [5.74, 6) is 2.98. The van der Waals surface area contributed by atoms with Crippen LogP contribution >= 0.6 is 0 Å². The largest absolute Gasteiger partial charge is 0.0850 e. The molecule has 84 valence electrons. The van der Waals surface area contributed by atoms with Crippen LogP contribution in [0.15, 0.2) is 11.6 Å². The quantitative estimate of drug-likeness (QED) is 0.513. The van der Waals surface area contributed by atoms with Gasteiger partial charge in [-0.3, -0.25) is 0 Å². The Bertz CT molecular complexity index is 323. The topological polar surface area (TPSA) is 0 Å². The normalized spacial score (nSPS) is 51.5. The van der Waals surface area contributed by atoms with Gasteiger partial charge in [0.25, 0.3) is 0 Å². The highest BCUT2D eigenvalue weighted by Crippen LogP contribution is 2.77. The molecule has 15 heavy (non-hydrogen) atoms. The average Bonchev–Trinajstić information content (AvgIpc) is 2.60. The van der Waals surface area contributed by atoms with Gasteiger partial charge in [0.2, 0.25) is 0 Å². The molecule has 0 N–H and O–H groups in total. The molecule has 2 saturated carbocycles. The van der Waals surface area contributed by atoms with Crippen molar-refractivity contribution < 1.29 is 0 Å². The average molecular weight is 204 g/mol. The summed E-state index contributed by atoms with van der Waals surface area (Å²) in [6.07, 6.45) is 8.27. The first-order valence-corrected chi connectivity index (χ1v) is 6.68. The molecule has 0 aliphatic heterocycles. The molecular formula is C15H24. The number of fused-ring (bicyclic) bond motifs is 2. The minimum absolute atomic E-state index is 0.617. The highest BCUT2D eigenvalue weighted by molar-refractivity contribution is 5.30. The van der Waals surface area contributed by atoms with Crippen molar-refractivity contribution in [3.05, 3.63) is 11.6 Å². The van der Waals surface area contributed by atoms with Crippen molar-refractivity contribution in [2.75, 3.05) is 0 Å². The zero-order valence-corrected chi connectivity index (χ0v) is 10.6. The molecule has 4 unspecified atom stereocenters. The van der Waals surface area contributed by atoms with Crippen LogP contribution in [0.4, 0.5) is 0 Å². The van der Waals surface area contributed by atoms with E-state index in [4.69, 9.17) is 0 Å². The fourth-order valence-electron chi connectivity index (χ4n) is 5.24. The lowest BCUT2D eigenvalue weighted by Crippen LogP contribution is -2.35. The first kappa shape index (κ1) is 9.93. The van der Waals surface area contributed by atoms with E-state index >= 15 is 0 Å². The van der Waals surface area contributed by atoms with Crippen LogP contribution in [-0.4, -0.2) is 0 Å². The Morgan fingerprint density at radius 2 is 2.00 bits per heavy atom. The Morgan fingerprint density at radius 1 is 1.27 bits per heavy atom. The van der Waals surface area contributed by atoms with E-state index < -0.39 is 0 Å². The predicted octanol–water partition coefficient (Wildman–Crippen LogP) is 4.42. The molecule has 0 aromatic carbocycles. The molecule has 3 aliphatic rings. The van der Waals surface area contributed by atoms with Crippen LogP contribution in [-0.2, 0) is 0 Å². The summed E-state index contributed by atoms with van der Waals surface area (Å²) in [6.45, 7) is 9.91. The summed E-state index contributed by atoms with van der Waals surface area (Å²) in [6, 6.07) is 0. The van der Waals surface area contributed by atoms with E-state index in [1.807, 2.05) is 0 Å². The van der Waals surface area contributed by atoms with Crippen molar-refractivity contribution in [1.29, 1.82) is 0 Å². The maximum atomic E-state index is 2.54. The number of rotatable bonds is 0. The van der Waals surface area contributed by atoms with Crippen molar-refractivity contribution in [2.45, 2.75) is 53.4 Å². The highest BCUT2D eigenvalue weighted by atomic mass is 14.7. The summed E-state index contributed by atoms with van der Waals surface area (Å²) in [4.78, 5) is 0. The van der Waals surface area contributed by atoms with Gasteiger partial charge < -0.3 is 0 Å². The Hall–Kier alpha value is -0.260. The van der Waals surface area contributed by atoms with Crippen LogP contribution in [0.5, 0.6) is 0 Å². The van der Waals surface area contributed by atoms with Gasteiger partial charge in [-0.05, 0) is 61.2 Å². The molecule has 3 aliphatic carbocycles. The number of allylic oxidation sites excluding steroid dienone is 2. The third kappa shape index (κ3) is 0.990. The third-order valence-corrected chi connectivity index (χ3v) is 6.14. The first-order chi connectivity index (χ1) is 7.01. The number of hydrogen-bond acceptors (Lipinski definition) is 0. The second-order valence-electron chi connectivity index (χ2n) is 6.85. The van der Waals surface area contributed by atoms with Gasteiger partial charge in [0.1, 0.15) is 0 Å². The summed E-state index contributed by atoms with van der Waals surface area (Å²) >= 11 is 0. The van der Waals surface area contributed by atoms with Crippen molar-refractivity contribution in [1.82, 2.24) is 0 Å². The molecule has 1 spiro atoms. The Morgan fingerprint density at radius 3 is 2.53 bits per heavy atom. The molecule has 4 atom stereocenters. The van der Waals surface area contributed by atoms with E-state index in [1.54, 1.807) is 5.57 Å². The molecule has 0 amide bonds. The maximum absolute atomic E-state index is 2.54. The van der Waals surface area contributed by atoms with Crippen LogP contribution in [0, 0.1) is 28.6 Å². The molecule has 0 heterocycles. The molecule has 2 fully saturated rings. The van der Waals surface area contributed by atoms with Gasteiger partial charge in [0.15, 0.2) is 0 Å². The lowest BCUT2D eigenvalue weighted by atomic mass is 9.61. The summed E-state index contributed by atoms with van der Waals surface area (Å²) in [5.41, 5.74) is 3.00. The van der Waals surface area contributed by atoms with Crippen molar-refractivity contribution in [3.8, 4) is 0 Å². The van der Waals surface area contributed by atoms with Crippen molar-refractivity contribution in [2.24, 2.45) is 28.6 Å². The SMILES string of the molecule is CC1=CCCC(C)C12CCC1C2C1(C)C. The van der Waals surface area contributed by atoms with E-state index in [-0.39, 0.29) is 0 Å². The summed E-state index contributed by atoms with van der Waals surface area (Å²) in [5, 5.41) is 0. The zero-order valence-electron chi connectivity index (χ0n) is 10.6. The van der Waals surface area contributed by atoms with E-state index in [1.165, 1.54) is 25.7 Å². The van der Waals surface area contributed by atoms with E-state index in [0.717, 1.165) is 17.8 Å². The summed E-state index contributed by atoms with van der Waals surface area (Å²) in [7, 11) is 0. The van der Waals surface area contributed by atoms with Gasteiger partial charge in [0.05, 0.1) is 0 Å². The third-order valence-electron chi connectivity index (χ3n) is 6.14. The van der Waals surface area contributed by atoms with E-state index in [9.17, 15) is 0 Å². The Kier molecular flexibility index (Phi) is 1.79. The fourth-order valence-corrected chi connectivity index (χ4v) is 5.24. The molecule has 0 aromatic heterocycles. The standard InChI is InChI=1S/C15H24/c1-10-6-5-7-11(2)15(10)9-8-12-13(15)14(12,3)4/h6,11-13H,5,7-9H2,1-4H3. The molecule has 0 aromatic rings. The maximum Gasteiger partial charge on any atom is -0.00288 e. The van der Waals surface area contributed by atoms with Gasteiger partial charge in [0, 0.05) is 0 Å². The molecule has 0 heteroatoms. The molecule has 0 bridgehead atoms. The lowest BCUT2D eigenvalue weighted by Gasteiger charge is -2.43. The zero-order chi connectivity index (χ0) is 10.8. The molecular weight excluding hydrogens is 180 g/mol. The van der Waals surface area contributed by atoms with Gasteiger partial charge in [-0.1, -0.05) is 32.4 Å². The van der Waals surface area contributed by atoms with Gasteiger partial charge in [-0.2, -0.15) is 0 Å². The minimum atomic E-state index is 0.617. The lowest BCUT2D eigenvalue weighted by molar-refractivity contribution is 0.146. The van der Waals surface area contributed by atoms with Crippen molar-refractivity contribution in [3.63, 3.8) is 0 Å². The molecule has 0 saturated heterocycles. The minimum Gasteiger partial charge on any atom is -0.0850 e. The molecule has 3 rings (SSSR count). The smallest absolute Gasteiger partial charge is 0.00288 e. The van der Waals surface area contributed by atoms with E-state index in [2.05, 4.69) is 33.8 Å². The Labute approximate surface area is 94.1 Å². The van der Waals surface area contributed by atoms with Gasteiger partial charge in [-0.25, -0.2) is 0 Å². The fraction of sp³-hybridized carbons (Fsp3) is 0.867.